The van der Waals surface area contributed by atoms with Gasteiger partial charge in [0.05, 0.1) is 0 Å². The van der Waals surface area contributed by atoms with Gasteiger partial charge in [0.1, 0.15) is 17.0 Å². The molecule has 2 aromatic rings. The molecule has 0 spiro atoms. The van der Waals surface area contributed by atoms with Gasteiger partial charge in [-0.05, 0) is 63.8 Å². The molecule has 0 unspecified atom stereocenters. The first-order valence-corrected chi connectivity index (χ1v) is 9.22. The number of aryl methyl sites for hydroxylation is 6. The first-order chi connectivity index (χ1) is 11.7. The van der Waals surface area contributed by atoms with E-state index in [-0.39, 0.29) is 0 Å². The molecule has 1 heterocycles. The molecule has 25 heavy (non-hydrogen) atoms. The van der Waals surface area contributed by atoms with Crippen molar-refractivity contribution in [3.63, 3.8) is 0 Å². The lowest BCUT2D eigenvalue weighted by Gasteiger charge is -2.27. The number of hydrogen-bond donors (Lipinski definition) is 0. The van der Waals surface area contributed by atoms with Gasteiger partial charge in [0.25, 0.3) is 0 Å². The molecule has 0 aliphatic carbocycles. The molecule has 0 aromatic heterocycles. The average molecular weight is 375 g/mol. The van der Waals surface area contributed by atoms with E-state index in [1.165, 1.54) is 33.4 Å². The molecule has 2 nitrogen and oxygen atoms in total. The van der Waals surface area contributed by atoms with Crippen LogP contribution in [0.5, 0.6) is 0 Å². The summed E-state index contributed by atoms with van der Waals surface area (Å²) in [5.41, 5.74) is 9.62. The van der Waals surface area contributed by atoms with Gasteiger partial charge in [0, 0.05) is 11.4 Å². The van der Waals surface area contributed by atoms with Crippen LogP contribution in [0.15, 0.2) is 34.6 Å². The van der Waals surface area contributed by atoms with Crippen LogP contribution in [-0.2, 0) is 0 Å². The van der Waals surface area contributed by atoms with E-state index in [2.05, 4.69) is 75.6 Å². The fraction of sp³-hybridized carbons (Fsp3) is 0.333. The van der Waals surface area contributed by atoms with Crippen molar-refractivity contribution in [2.24, 2.45) is 0 Å². The number of anilines is 2. The largest absolute Gasteiger partial charge is 0.310 e. The smallest absolute Gasteiger partial charge is 0.146 e. The standard InChI is InChI=1S/C21H24Cl2N2/c1-12-7-14(3)18(15(4)8-12)24-11-25(21(23)20(24)22)19-16(5)9-13(2)10-17(19)6/h7-10H,11H2,1-6H3. The van der Waals surface area contributed by atoms with Crippen molar-refractivity contribution in [3.8, 4) is 0 Å². The third-order valence-corrected chi connectivity index (χ3v) is 5.60. The highest BCUT2D eigenvalue weighted by molar-refractivity contribution is 6.42. The molecule has 1 aliphatic heterocycles. The van der Waals surface area contributed by atoms with E-state index in [4.69, 9.17) is 23.2 Å². The second kappa shape index (κ2) is 6.59. The zero-order valence-electron chi connectivity index (χ0n) is 15.7. The lowest BCUT2D eigenvalue weighted by Crippen LogP contribution is -2.28. The molecule has 0 atom stereocenters. The van der Waals surface area contributed by atoms with Crippen LogP contribution in [-0.4, -0.2) is 6.67 Å². The van der Waals surface area contributed by atoms with E-state index in [9.17, 15) is 0 Å². The third-order valence-electron chi connectivity index (χ3n) is 4.74. The number of hydrogen-bond acceptors (Lipinski definition) is 2. The van der Waals surface area contributed by atoms with Crippen molar-refractivity contribution < 1.29 is 0 Å². The van der Waals surface area contributed by atoms with Gasteiger partial charge in [0.15, 0.2) is 0 Å². The molecule has 0 saturated heterocycles. The second-order valence-electron chi connectivity index (χ2n) is 7.07. The zero-order valence-corrected chi connectivity index (χ0v) is 17.2. The molecular weight excluding hydrogens is 351 g/mol. The highest BCUT2D eigenvalue weighted by Gasteiger charge is 2.32. The lowest BCUT2D eigenvalue weighted by molar-refractivity contribution is 0.944. The van der Waals surface area contributed by atoms with Crippen molar-refractivity contribution in [2.45, 2.75) is 41.5 Å². The number of rotatable bonds is 2. The Morgan fingerprint density at radius 1 is 0.600 bits per heavy atom. The molecule has 1 aliphatic rings. The van der Waals surface area contributed by atoms with Gasteiger partial charge in [-0.15, -0.1) is 0 Å². The van der Waals surface area contributed by atoms with E-state index in [1.54, 1.807) is 0 Å². The van der Waals surface area contributed by atoms with Gasteiger partial charge in [0.2, 0.25) is 0 Å². The van der Waals surface area contributed by atoms with Crippen molar-refractivity contribution in [3.05, 3.63) is 68.0 Å². The molecule has 3 rings (SSSR count). The van der Waals surface area contributed by atoms with Crippen LogP contribution in [0.3, 0.4) is 0 Å². The molecule has 0 radical (unpaired) electrons. The first-order valence-electron chi connectivity index (χ1n) is 8.46. The molecule has 0 bridgehead atoms. The molecular formula is C21H24Cl2N2. The summed E-state index contributed by atoms with van der Waals surface area (Å²) in [6.45, 7) is 13.3. The topological polar surface area (TPSA) is 6.48 Å². The maximum atomic E-state index is 6.66. The van der Waals surface area contributed by atoms with Gasteiger partial charge >= 0.3 is 0 Å². The van der Waals surface area contributed by atoms with Gasteiger partial charge < -0.3 is 9.80 Å². The van der Waals surface area contributed by atoms with E-state index in [0.717, 1.165) is 11.4 Å². The third kappa shape index (κ3) is 3.14. The fourth-order valence-electron chi connectivity index (χ4n) is 4.02. The lowest BCUT2D eigenvalue weighted by atomic mass is 10.0. The monoisotopic (exact) mass is 374 g/mol. The number of benzene rings is 2. The molecule has 2 aromatic carbocycles. The van der Waals surface area contributed by atoms with E-state index >= 15 is 0 Å². The first kappa shape index (κ1) is 18.2. The van der Waals surface area contributed by atoms with Gasteiger partial charge in [-0.2, -0.15) is 0 Å². The predicted octanol–water partition coefficient (Wildman–Crippen LogP) is 6.43. The molecule has 0 amide bonds. The maximum Gasteiger partial charge on any atom is 0.146 e. The Morgan fingerprint density at radius 3 is 1.16 bits per heavy atom. The molecule has 0 saturated carbocycles. The fourth-order valence-corrected chi connectivity index (χ4v) is 4.50. The highest BCUT2D eigenvalue weighted by Crippen LogP contribution is 2.41. The summed E-state index contributed by atoms with van der Waals surface area (Å²) >= 11 is 13.3. The predicted molar refractivity (Wildman–Crippen MR) is 110 cm³/mol. The Labute approximate surface area is 160 Å². The summed E-state index contributed by atoms with van der Waals surface area (Å²) in [4.78, 5) is 4.21. The Kier molecular flexibility index (Phi) is 4.78. The van der Waals surface area contributed by atoms with Crippen molar-refractivity contribution in [1.29, 1.82) is 0 Å². The van der Waals surface area contributed by atoms with Crippen LogP contribution in [0.2, 0.25) is 0 Å². The summed E-state index contributed by atoms with van der Waals surface area (Å²) in [5.74, 6) is 0. The molecule has 0 N–H and O–H groups in total. The minimum absolute atomic E-state index is 0.580. The van der Waals surface area contributed by atoms with E-state index in [1.807, 2.05) is 0 Å². The van der Waals surface area contributed by atoms with Crippen molar-refractivity contribution in [1.82, 2.24) is 0 Å². The Hall–Kier alpha value is -1.64. The van der Waals surface area contributed by atoms with Crippen LogP contribution >= 0.6 is 23.2 Å². The summed E-state index contributed by atoms with van der Waals surface area (Å²) in [7, 11) is 0. The zero-order chi connectivity index (χ0) is 18.5. The SMILES string of the molecule is Cc1cc(C)c(N2CN(c3c(C)cc(C)cc3C)C(Cl)=C2Cl)c(C)c1. The minimum Gasteiger partial charge on any atom is -0.310 e. The van der Waals surface area contributed by atoms with Crippen LogP contribution < -0.4 is 9.80 Å². The minimum atomic E-state index is 0.580. The summed E-state index contributed by atoms with van der Waals surface area (Å²) in [5, 5.41) is 1.16. The van der Waals surface area contributed by atoms with Gasteiger partial charge in [-0.3, -0.25) is 0 Å². The quantitative estimate of drug-likeness (QED) is 0.559. The van der Waals surface area contributed by atoms with Crippen molar-refractivity contribution in [2.75, 3.05) is 16.5 Å². The molecule has 0 fully saturated rings. The van der Waals surface area contributed by atoms with E-state index in [0.29, 0.717) is 17.0 Å². The Bertz CT molecular complexity index is 766. The molecule has 4 heteroatoms. The normalized spacial score (nSPS) is 14.7. The van der Waals surface area contributed by atoms with Crippen LogP contribution in [0.1, 0.15) is 33.4 Å². The molecule has 132 valence electrons. The van der Waals surface area contributed by atoms with Crippen LogP contribution in [0.25, 0.3) is 0 Å². The Balaban J connectivity index is 2.08. The van der Waals surface area contributed by atoms with Gasteiger partial charge in [-0.25, -0.2) is 0 Å². The summed E-state index contributed by atoms with van der Waals surface area (Å²) in [6.07, 6.45) is 0. The van der Waals surface area contributed by atoms with Crippen molar-refractivity contribution >= 4 is 34.6 Å². The Morgan fingerprint density at radius 2 is 0.880 bits per heavy atom. The van der Waals surface area contributed by atoms with E-state index < -0.39 is 0 Å². The second-order valence-corrected chi connectivity index (χ2v) is 7.79. The maximum absolute atomic E-state index is 6.66. The summed E-state index contributed by atoms with van der Waals surface area (Å²) < 4.78 is 0. The van der Waals surface area contributed by atoms with Crippen LogP contribution in [0, 0.1) is 41.5 Å². The number of halogens is 2. The summed E-state index contributed by atoms with van der Waals surface area (Å²) in [6, 6.07) is 8.74. The average Bonchev–Trinajstić information content (AvgIpc) is 2.74. The highest BCUT2D eigenvalue weighted by atomic mass is 35.5. The van der Waals surface area contributed by atoms with Gasteiger partial charge in [-0.1, -0.05) is 58.6 Å². The number of nitrogens with zero attached hydrogens (tertiary/aromatic N) is 2. The van der Waals surface area contributed by atoms with Crippen LogP contribution in [0.4, 0.5) is 11.4 Å².